The van der Waals surface area contributed by atoms with Gasteiger partial charge in [0.2, 0.25) is 0 Å². The van der Waals surface area contributed by atoms with Crippen LogP contribution in [-0.2, 0) is 0 Å². The summed E-state index contributed by atoms with van der Waals surface area (Å²) in [6.07, 6.45) is 5.37. The largest absolute Gasteiger partial charge is 0.307 e. The van der Waals surface area contributed by atoms with Crippen LogP contribution in [0.4, 0.5) is 5.82 Å². The molecule has 2 heterocycles. The minimum Gasteiger partial charge on any atom is -0.307 e. The fourth-order valence-electron chi connectivity index (χ4n) is 4.37. The number of fused-ring (bicyclic) bond motifs is 2. The van der Waals surface area contributed by atoms with Gasteiger partial charge < -0.3 is 9.88 Å². The van der Waals surface area contributed by atoms with E-state index in [1.807, 2.05) is 28.8 Å². The molecular weight excluding hydrogens is 410 g/mol. The van der Waals surface area contributed by atoms with Gasteiger partial charge in [0.05, 0.1) is 11.0 Å². The maximum absolute atomic E-state index is 13.0. The number of anilines is 1. The highest BCUT2D eigenvalue weighted by atomic mass is 35.5. The number of nitriles is 1. The third-order valence-electron chi connectivity index (χ3n) is 5.88. The molecular formula is C24H20ClN5O. The number of nitrogens with zero attached hydrogens (tertiary/aromatic N) is 4. The molecule has 31 heavy (non-hydrogen) atoms. The van der Waals surface area contributed by atoms with Crippen molar-refractivity contribution in [1.82, 2.24) is 14.5 Å². The predicted octanol–water partition coefficient (Wildman–Crippen LogP) is 5.87. The standard InChI is InChI=1S/C24H20ClN5O/c25-16-12-10-15(11-13-16)24(31)29-22-18(14-26)21-23(30(22)17-6-2-1-3-7-17)28-20-9-5-4-8-19(20)27-21/h4-5,8-13,17H,1-3,6-7H2,(H,29,31). The van der Waals surface area contributed by atoms with Crippen LogP contribution in [-0.4, -0.2) is 20.4 Å². The van der Waals surface area contributed by atoms with E-state index in [0.717, 1.165) is 36.7 Å². The van der Waals surface area contributed by atoms with Crippen LogP contribution in [0, 0.1) is 11.3 Å². The molecule has 0 radical (unpaired) electrons. The first kappa shape index (κ1) is 19.5. The van der Waals surface area contributed by atoms with E-state index in [0.29, 0.717) is 33.1 Å². The smallest absolute Gasteiger partial charge is 0.256 e. The summed E-state index contributed by atoms with van der Waals surface area (Å²) in [5, 5.41) is 13.6. The summed E-state index contributed by atoms with van der Waals surface area (Å²) < 4.78 is 2.03. The minimum atomic E-state index is -0.294. The van der Waals surface area contributed by atoms with Crippen molar-refractivity contribution in [1.29, 1.82) is 5.26 Å². The van der Waals surface area contributed by atoms with Gasteiger partial charge >= 0.3 is 0 Å². The number of carbonyl (C=O) groups excluding carboxylic acids is 1. The van der Waals surface area contributed by atoms with Crippen molar-refractivity contribution in [2.45, 2.75) is 38.1 Å². The van der Waals surface area contributed by atoms with Crippen LogP contribution in [0.1, 0.15) is 54.1 Å². The molecule has 154 valence electrons. The number of benzene rings is 2. The monoisotopic (exact) mass is 429 g/mol. The molecule has 1 aliphatic carbocycles. The summed E-state index contributed by atoms with van der Waals surface area (Å²) in [6.45, 7) is 0. The number of aromatic nitrogens is 3. The van der Waals surface area contributed by atoms with Crippen molar-refractivity contribution in [3.63, 3.8) is 0 Å². The Morgan fingerprint density at radius 2 is 1.71 bits per heavy atom. The van der Waals surface area contributed by atoms with Crippen LogP contribution in [0.5, 0.6) is 0 Å². The second-order valence-corrected chi connectivity index (χ2v) is 8.28. The zero-order chi connectivity index (χ0) is 21.4. The Labute approximate surface area is 184 Å². The van der Waals surface area contributed by atoms with Crippen molar-refractivity contribution >= 4 is 45.5 Å². The quantitative estimate of drug-likeness (QED) is 0.441. The average molecular weight is 430 g/mol. The number of para-hydroxylation sites is 2. The Hall–Kier alpha value is -3.43. The van der Waals surface area contributed by atoms with E-state index in [2.05, 4.69) is 11.4 Å². The van der Waals surface area contributed by atoms with Crippen LogP contribution in [0.15, 0.2) is 48.5 Å². The second kappa shape index (κ2) is 8.01. The third-order valence-corrected chi connectivity index (χ3v) is 6.14. The molecule has 1 amide bonds. The average Bonchev–Trinajstić information content (AvgIpc) is 3.10. The van der Waals surface area contributed by atoms with Gasteiger partial charge in [0.15, 0.2) is 5.65 Å². The second-order valence-electron chi connectivity index (χ2n) is 7.84. The van der Waals surface area contributed by atoms with Crippen molar-refractivity contribution < 1.29 is 4.79 Å². The lowest BCUT2D eigenvalue weighted by atomic mass is 9.95. The lowest BCUT2D eigenvalue weighted by Crippen LogP contribution is -2.20. The number of hydrogen-bond acceptors (Lipinski definition) is 4. The first-order valence-electron chi connectivity index (χ1n) is 10.4. The van der Waals surface area contributed by atoms with Gasteiger partial charge in [0.1, 0.15) is 23.0 Å². The first-order valence-corrected chi connectivity index (χ1v) is 10.8. The third kappa shape index (κ3) is 3.51. The molecule has 6 nitrogen and oxygen atoms in total. The van der Waals surface area contributed by atoms with Gasteiger partial charge in [-0.1, -0.05) is 43.0 Å². The molecule has 5 rings (SSSR count). The van der Waals surface area contributed by atoms with Crippen molar-refractivity contribution in [2.24, 2.45) is 0 Å². The van der Waals surface area contributed by atoms with Crippen molar-refractivity contribution in [3.05, 3.63) is 64.7 Å². The van der Waals surface area contributed by atoms with E-state index < -0.39 is 0 Å². The van der Waals surface area contributed by atoms with E-state index in [1.165, 1.54) is 6.42 Å². The molecule has 0 spiro atoms. The fraction of sp³-hybridized carbons (Fsp3) is 0.250. The molecule has 1 fully saturated rings. The van der Waals surface area contributed by atoms with E-state index >= 15 is 0 Å². The minimum absolute atomic E-state index is 0.161. The van der Waals surface area contributed by atoms with Crippen LogP contribution >= 0.6 is 11.6 Å². The maximum Gasteiger partial charge on any atom is 0.256 e. The summed E-state index contributed by atoms with van der Waals surface area (Å²) in [5.74, 6) is 0.178. The van der Waals surface area contributed by atoms with Gasteiger partial charge in [0, 0.05) is 16.6 Å². The summed E-state index contributed by atoms with van der Waals surface area (Å²) in [4.78, 5) is 22.6. The summed E-state index contributed by atoms with van der Waals surface area (Å²) in [5.41, 5.74) is 3.49. The zero-order valence-corrected chi connectivity index (χ0v) is 17.6. The van der Waals surface area contributed by atoms with Gasteiger partial charge in [-0.3, -0.25) is 4.79 Å². The van der Waals surface area contributed by atoms with Gasteiger partial charge in [-0.15, -0.1) is 0 Å². The first-order chi connectivity index (χ1) is 15.2. The molecule has 1 aliphatic rings. The Morgan fingerprint density at radius 1 is 1.03 bits per heavy atom. The molecule has 0 unspecified atom stereocenters. The van der Waals surface area contributed by atoms with Crippen molar-refractivity contribution in [2.75, 3.05) is 5.32 Å². The number of amides is 1. The maximum atomic E-state index is 13.0. The van der Waals surface area contributed by atoms with Crippen LogP contribution < -0.4 is 5.32 Å². The lowest BCUT2D eigenvalue weighted by molar-refractivity contribution is 0.102. The SMILES string of the molecule is N#Cc1c(NC(=O)c2ccc(Cl)cc2)n(C2CCCCC2)c2nc3ccccc3nc12. The predicted molar refractivity (Wildman–Crippen MR) is 121 cm³/mol. The molecule has 0 saturated heterocycles. The molecule has 0 atom stereocenters. The van der Waals surface area contributed by atoms with E-state index in [-0.39, 0.29) is 11.9 Å². The molecule has 1 N–H and O–H groups in total. The van der Waals surface area contributed by atoms with E-state index in [4.69, 9.17) is 21.6 Å². The number of carbonyl (C=O) groups is 1. The number of nitrogens with one attached hydrogen (secondary N) is 1. The molecule has 0 aliphatic heterocycles. The van der Waals surface area contributed by atoms with Crippen LogP contribution in [0.25, 0.3) is 22.2 Å². The molecule has 4 aromatic rings. The zero-order valence-electron chi connectivity index (χ0n) is 16.8. The molecule has 2 aromatic heterocycles. The van der Waals surface area contributed by atoms with Gasteiger partial charge in [-0.05, 0) is 49.2 Å². The number of hydrogen-bond donors (Lipinski definition) is 1. The lowest BCUT2D eigenvalue weighted by Gasteiger charge is -2.26. The summed E-state index contributed by atoms with van der Waals surface area (Å²) in [7, 11) is 0. The van der Waals surface area contributed by atoms with E-state index in [1.54, 1.807) is 24.3 Å². The van der Waals surface area contributed by atoms with Crippen LogP contribution in [0.3, 0.4) is 0 Å². The highest BCUT2D eigenvalue weighted by Gasteiger charge is 2.28. The van der Waals surface area contributed by atoms with Crippen LogP contribution in [0.2, 0.25) is 5.02 Å². The van der Waals surface area contributed by atoms with Gasteiger partial charge in [-0.25, -0.2) is 9.97 Å². The number of halogens is 1. The fourth-order valence-corrected chi connectivity index (χ4v) is 4.50. The summed E-state index contributed by atoms with van der Waals surface area (Å²) >= 11 is 5.96. The Balaban J connectivity index is 1.70. The highest BCUT2D eigenvalue weighted by molar-refractivity contribution is 6.30. The topological polar surface area (TPSA) is 83.6 Å². The van der Waals surface area contributed by atoms with Gasteiger partial charge in [-0.2, -0.15) is 5.26 Å². The Morgan fingerprint density at radius 3 is 2.39 bits per heavy atom. The Kier molecular flexibility index (Phi) is 5.05. The normalized spacial score (nSPS) is 14.6. The Bertz CT molecular complexity index is 1330. The highest BCUT2D eigenvalue weighted by Crippen LogP contribution is 2.38. The molecule has 0 bridgehead atoms. The summed E-state index contributed by atoms with van der Waals surface area (Å²) in [6, 6.07) is 16.7. The van der Waals surface area contributed by atoms with Gasteiger partial charge in [0.25, 0.3) is 5.91 Å². The van der Waals surface area contributed by atoms with E-state index in [9.17, 15) is 10.1 Å². The molecule has 2 aromatic carbocycles. The number of rotatable bonds is 3. The van der Waals surface area contributed by atoms with Crippen molar-refractivity contribution in [3.8, 4) is 6.07 Å². The molecule has 7 heteroatoms. The molecule has 1 saturated carbocycles.